The van der Waals surface area contributed by atoms with E-state index in [1.54, 1.807) is 6.07 Å². The highest BCUT2D eigenvalue weighted by molar-refractivity contribution is 5.73. The Morgan fingerprint density at radius 1 is 0.931 bits per heavy atom. The Balaban J connectivity index is 2.02. The molecule has 7 nitrogen and oxygen atoms in total. The first-order chi connectivity index (χ1) is 13.9. The van der Waals surface area contributed by atoms with Crippen molar-refractivity contribution < 1.29 is 24.0 Å². The summed E-state index contributed by atoms with van der Waals surface area (Å²) >= 11 is 0. The Bertz CT molecular complexity index is 644. The summed E-state index contributed by atoms with van der Waals surface area (Å²) in [6, 6.07) is 5.86. The smallest absolute Gasteiger partial charge is 0.311 e. The van der Waals surface area contributed by atoms with Crippen LogP contribution in [0.2, 0.25) is 0 Å². The summed E-state index contributed by atoms with van der Waals surface area (Å²) in [5.41, 5.74) is -0.209. The standard InChI is InChI=1S/C22H33NO6/c1-18(2)12-11-17-28-21(24)15-7-5-3-4-6-8-16-22(25)29-20-14-10-9-13-19(20)23(26)27/h9-10,13-14,18H,3-8,11-12,15-17H2,1-2H3. The van der Waals surface area contributed by atoms with Gasteiger partial charge in [-0.2, -0.15) is 0 Å². The van der Waals surface area contributed by atoms with E-state index in [1.807, 2.05) is 0 Å². The van der Waals surface area contributed by atoms with Crippen molar-refractivity contribution in [1.29, 1.82) is 0 Å². The number of hydrogen-bond donors (Lipinski definition) is 0. The van der Waals surface area contributed by atoms with Crippen molar-refractivity contribution in [3.05, 3.63) is 34.4 Å². The van der Waals surface area contributed by atoms with Gasteiger partial charge < -0.3 is 9.47 Å². The van der Waals surface area contributed by atoms with Crippen molar-refractivity contribution in [1.82, 2.24) is 0 Å². The van der Waals surface area contributed by atoms with E-state index < -0.39 is 10.9 Å². The molecule has 0 saturated heterocycles. The number of nitro benzene ring substituents is 1. The zero-order valence-corrected chi connectivity index (χ0v) is 17.6. The van der Waals surface area contributed by atoms with Crippen LogP contribution >= 0.6 is 0 Å². The van der Waals surface area contributed by atoms with Crippen molar-refractivity contribution in [3.63, 3.8) is 0 Å². The molecule has 0 aromatic heterocycles. The van der Waals surface area contributed by atoms with Gasteiger partial charge in [-0.3, -0.25) is 19.7 Å². The molecule has 1 aromatic rings. The minimum atomic E-state index is -0.565. The Hall–Kier alpha value is -2.44. The lowest BCUT2D eigenvalue weighted by molar-refractivity contribution is -0.385. The van der Waals surface area contributed by atoms with Crippen LogP contribution in [0.25, 0.3) is 0 Å². The fraction of sp³-hybridized carbons (Fsp3) is 0.636. The maximum Gasteiger partial charge on any atom is 0.311 e. The van der Waals surface area contributed by atoms with Crippen LogP contribution in [0.1, 0.15) is 78.1 Å². The van der Waals surface area contributed by atoms with Gasteiger partial charge in [-0.15, -0.1) is 0 Å². The maximum atomic E-state index is 11.8. The van der Waals surface area contributed by atoms with Gasteiger partial charge in [-0.25, -0.2) is 0 Å². The number of unbranched alkanes of at least 4 members (excludes halogenated alkanes) is 5. The third-order valence-electron chi connectivity index (χ3n) is 4.49. The van der Waals surface area contributed by atoms with Crippen molar-refractivity contribution >= 4 is 17.6 Å². The lowest BCUT2D eigenvalue weighted by atomic mass is 10.1. The van der Waals surface area contributed by atoms with Gasteiger partial charge in [0.25, 0.3) is 0 Å². The molecule has 0 fully saturated rings. The van der Waals surface area contributed by atoms with E-state index in [4.69, 9.17) is 9.47 Å². The first-order valence-corrected chi connectivity index (χ1v) is 10.5. The number of carbonyl (C=O) groups is 2. The zero-order valence-electron chi connectivity index (χ0n) is 17.6. The Morgan fingerprint density at radius 2 is 1.52 bits per heavy atom. The second-order valence-corrected chi connectivity index (χ2v) is 7.58. The van der Waals surface area contributed by atoms with E-state index >= 15 is 0 Å². The molecule has 0 heterocycles. The fourth-order valence-electron chi connectivity index (χ4n) is 2.86. The van der Waals surface area contributed by atoms with E-state index in [0.717, 1.165) is 44.9 Å². The zero-order chi connectivity index (χ0) is 21.5. The van der Waals surface area contributed by atoms with E-state index in [1.165, 1.54) is 18.2 Å². The summed E-state index contributed by atoms with van der Waals surface area (Å²) in [4.78, 5) is 33.8. The van der Waals surface area contributed by atoms with E-state index in [-0.39, 0.29) is 23.8 Å². The fourth-order valence-corrected chi connectivity index (χ4v) is 2.86. The summed E-state index contributed by atoms with van der Waals surface area (Å²) in [7, 11) is 0. The first-order valence-electron chi connectivity index (χ1n) is 10.5. The molecule has 1 rings (SSSR count). The Morgan fingerprint density at radius 3 is 2.14 bits per heavy atom. The van der Waals surface area contributed by atoms with Crippen LogP contribution in [0.4, 0.5) is 5.69 Å². The SMILES string of the molecule is CC(C)CCCOC(=O)CCCCCCCCC(=O)Oc1ccccc1[N+](=O)[O-]. The number of carbonyl (C=O) groups excluding carboxylic acids is 2. The summed E-state index contributed by atoms with van der Waals surface area (Å²) in [6.07, 6.45) is 8.00. The largest absolute Gasteiger partial charge is 0.466 e. The minimum absolute atomic E-state index is 0.0152. The highest BCUT2D eigenvalue weighted by atomic mass is 16.6. The lowest BCUT2D eigenvalue weighted by Crippen LogP contribution is -2.08. The second-order valence-electron chi connectivity index (χ2n) is 7.58. The van der Waals surface area contributed by atoms with Crippen molar-refractivity contribution in [2.45, 2.75) is 78.1 Å². The van der Waals surface area contributed by atoms with Gasteiger partial charge in [0, 0.05) is 18.9 Å². The number of nitro groups is 1. The molecule has 0 amide bonds. The van der Waals surface area contributed by atoms with Gasteiger partial charge in [0.2, 0.25) is 5.75 Å². The first kappa shape index (κ1) is 24.6. The molecule has 0 aliphatic rings. The van der Waals surface area contributed by atoms with Crippen LogP contribution in [0.15, 0.2) is 24.3 Å². The Labute approximate surface area is 172 Å². The van der Waals surface area contributed by atoms with Crippen LogP contribution in [-0.4, -0.2) is 23.5 Å². The summed E-state index contributed by atoms with van der Waals surface area (Å²) in [5.74, 6) is 0.0389. The van der Waals surface area contributed by atoms with E-state index in [0.29, 0.717) is 25.4 Å². The van der Waals surface area contributed by atoms with Gasteiger partial charge in [0.1, 0.15) is 0 Å². The minimum Gasteiger partial charge on any atom is -0.466 e. The summed E-state index contributed by atoms with van der Waals surface area (Å²) in [6.45, 7) is 4.82. The van der Waals surface area contributed by atoms with Crippen LogP contribution in [0.3, 0.4) is 0 Å². The van der Waals surface area contributed by atoms with Crippen molar-refractivity contribution in [3.8, 4) is 5.75 Å². The molecule has 0 radical (unpaired) electrons. The van der Waals surface area contributed by atoms with Crippen LogP contribution in [0.5, 0.6) is 5.75 Å². The number of esters is 2. The maximum absolute atomic E-state index is 11.8. The predicted molar refractivity (Wildman–Crippen MR) is 111 cm³/mol. The summed E-state index contributed by atoms with van der Waals surface area (Å²) < 4.78 is 10.3. The molecule has 7 heteroatoms. The topological polar surface area (TPSA) is 95.7 Å². The number of hydrogen-bond acceptors (Lipinski definition) is 6. The molecule has 0 saturated carbocycles. The third-order valence-corrected chi connectivity index (χ3v) is 4.49. The van der Waals surface area contributed by atoms with E-state index in [2.05, 4.69) is 13.8 Å². The highest BCUT2D eigenvalue weighted by Gasteiger charge is 2.16. The van der Waals surface area contributed by atoms with Gasteiger partial charge in [0.05, 0.1) is 11.5 Å². The van der Waals surface area contributed by atoms with Crippen LogP contribution in [-0.2, 0) is 14.3 Å². The second kappa shape index (κ2) is 14.5. The number of rotatable bonds is 15. The number of benzene rings is 1. The summed E-state index contributed by atoms with van der Waals surface area (Å²) in [5, 5.41) is 10.9. The monoisotopic (exact) mass is 407 g/mol. The van der Waals surface area contributed by atoms with Crippen LogP contribution < -0.4 is 4.74 Å². The average Bonchev–Trinajstić information content (AvgIpc) is 2.67. The lowest BCUT2D eigenvalue weighted by Gasteiger charge is -2.06. The Kier molecular flexibility index (Phi) is 12.3. The quantitative estimate of drug-likeness (QED) is 0.123. The number of para-hydroxylation sites is 2. The van der Waals surface area contributed by atoms with Gasteiger partial charge in [0.15, 0.2) is 0 Å². The molecule has 0 unspecified atom stereocenters. The molecular formula is C22H33NO6. The highest BCUT2D eigenvalue weighted by Crippen LogP contribution is 2.26. The average molecular weight is 408 g/mol. The van der Waals surface area contributed by atoms with E-state index in [9.17, 15) is 19.7 Å². The third kappa shape index (κ3) is 11.9. The molecule has 0 N–H and O–H groups in total. The molecule has 0 spiro atoms. The molecule has 0 atom stereocenters. The van der Waals surface area contributed by atoms with Crippen molar-refractivity contribution in [2.75, 3.05) is 6.61 Å². The molecule has 1 aromatic carbocycles. The normalized spacial score (nSPS) is 10.7. The molecule has 0 aliphatic carbocycles. The molecule has 0 bridgehead atoms. The van der Waals surface area contributed by atoms with Gasteiger partial charge in [-0.05, 0) is 37.7 Å². The van der Waals surface area contributed by atoms with Crippen molar-refractivity contribution in [2.24, 2.45) is 5.92 Å². The molecular weight excluding hydrogens is 374 g/mol. The van der Waals surface area contributed by atoms with Crippen LogP contribution in [0, 0.1) is 16.0 Å². The van der Waals surface area contributed by atoms with Gasteiger partial charge in [-0.1, -0.05) is 51.7 Å². The van der Waals surface area contributed by atoms with Gasteiger partial charge >= 0.3 is 17.6 Å². The predicted octanol–water partition coefficient (Wildman–Crippen LogP) is 5.60. The molecule has 162 valence electrons. The number of nitrogens with zero attached hydrogens (tertiary/aromatic N) is 1. The number of ether oxygens (including phenoxy) is 2. The molecule has 29 heavy (non-hydrogen) atoms. The molecule has 0 aliphatic heterocycles.